The molecule has 0 aliphatic rings. The van der Waals surface area contributed by atoms with Gasteiger partial charge in [0.25, 0.3) is 0 Å². The van der Waals surface area contributed by atoms with Gasteiger partial charge in [-0.1, -0.05) is 6.92 Å². The van der Waals surface area contributed by atoms with Crippen molar-refractivity contribution in [2.45, 2.75) is 19.4 Å². The first-order valence-corrected chi connectivity index (χ1v) is 7.66. The van der Waals surface area contributed by atoms with Gasteiger partial charge in [0.1, 0.15) is 5.01 Å². The maximum absolute atomic E-state index is 11.7. The van der Waals surface area contributed by atoms with E-state index in [2.05, 4.69) is 15.0 Å². The second kappa shape index (κ2) is 6.29. The zero-order chi connectivity index (χ0) is 12.0. The van der Waals surface area contributed by atoms with Crippen molar-refractivity contribution in [1.29, 1.82) is 0 Å². The van der Waals surface area contributed by atoms with Crippen LogP contribution in [0.5, 0.6) is 0 Å². The van der Waals surface area contributed by atoms with Crippen molar-refractivity contribution in [1.82, 2.24) is 15.0 Å². The van der Waals surface area contributed by atoms with E-state index in [1.807, 2.05) is 12.3 Å². The Kier molecular flexibility index (Phi) is 5.33. The van der Waals surface area contributed by atoms with Gasteiger partial charge in [-0.2, -0.15) is 0 Å². The van der Waals surface area contributed by atoms with E-state index < -0.39 is 10.0 Å². The van der Waals surface area contributed by atoms with Crippen LogP contribution >= 0.6 is 11.3 Å². The molecular formula is C9H17N3O2S2. The van der Waals surface area contributed by atoms with Crippen molar-refractivity contribution in [3.63, 3.8) is 0 Å². The molecule has 1 rings (SSSR count). The van der Waals surface area contributed by atoms with Crippen LogP contribution in [0.25, 0.3) is 0 Å². The Morgan fingerprint density at radius 2 is 2.31 bits per heavy atom. The molecule has 0 amide bonds. The predicted octanol–water partition coefficient (Wildman–Crippen LogP) is 0.733. The molecule has 0 fully saturated rings. The van der Waals surface area contributed by atoms with Gasteiger partial charge in [-0.25, -0.2) is 18.1 Å². The van der Waals surface area contributed by atoms with E-state index in [9.17, 15) is 8.42 Å². The molecule has 1 aromatic heterocycles. The Labute approximate surface area is 100 Å². The molecule has 0 saturated heterocycles. The Morgan fingerprint density at radius 3 is 2.81 bits per heavy atom. The van der Waals surface area contributed by atoms with Gasteiger partial charge >= 0.3 is 0 Å². The predicted molar refractivity (Wildman–Crippen MR) is 66.0 cm³/mol. The standard InChI is InChI=1S/C9H17N3O2S2/c1-3-8(9-11-4-6-15-9)12-16(13,14)7-5-10-2/h4,6,8,10,12H,3,5,7H2,1-2H3. The summed E-state index contributed by atoms with van der Waals surface area (Å²) in [6.07, 6.45) is 2.39. The number of thiazole rings is 1. The minimum atomic E-state index is -3.23. The van der Waals surface area contributed by atoms with Gasteiger partial charge in [0, 0.05) is 18.1 Å². The van der Waals surface area contributed by atoms with Crippen LogP contribution in [0.3, 0.4) is 0 Å². The molecule has 1 unspecified atom stereocenters. The van der Waals surface area contributed by atoms with Crippen LogP contribution in [0.1, 0.15) is 24.4 Å². The molecule has 0 saturated carbocycles. The highest BCUT2D eigenvalue weighted by Gasteiger charge is 2.19. The van der Waals surface area contributed by atoms with Gasteiger partial charge in [0.15, 0.2) is 0 Å². The lowest BCUT2D eigenvalue weighted by Crippen LogP contribution is -2.33. The van der Waals surface area contributed by atoms with Crippen molar-refractivity contribution in [3.05, 3.63) is 16.6 Å². The number of rotatable bonds is 7. The van der Waals surface area contributed by atoms with E-state index in [4.69, 9.17) is 0 Å². The smallest absolute Gasteiger partial charge is 0.213 e. The van der Waals surface area contributed by atoms with Crippen LogP contribution in [0.15, 0.2) is 11.6 Å². The minimum absolute atomic E-state index is 0.0887. The van der Waals surface area contributed by atoms with Gasteiger partial charge < -0.3 is 5.32 Å². The molecule has 1 atom stereocenters. The van der Waals surface area contributed by atoms with Crippen LogP contribution in [0.2, 0.25) is 0 Å². The monoisotopic (exact) mass is 263 g/mol. The summed E-state index contributed by atoms with van der Waals surface area (Å²) in [6, 6.07) is -0.207. The normalized spacial score (nSPS) is 13.9. The van der Waals surface area contributed by atoms with Crippen LogP contribution < -0.4 is 10.0 Å². The summed E-state index contributed by atoms with van der Waals surface area (Å²) in [5.74, 6) is 0.0887. The van der Waals surface area contributed by atoms with Gasteiger partial charge in [0.2, 0.25) is 10.0 Å². The molecule has 5 nitrogen and oxygen atoms in total. The fourth-order valence-corrected chi connectivity index (χ4v) is 3.38. The van der Waals surface area contributed by atoms with E-state index >= 15 is 0 Å². The summed E-state index contributed by atoms with van der Waals surface area (Å²) in [6.45, 7) is 2.39. The quantitative estimate of drug-likeness (QED) is 0.761. The Hall–Kier alpha value is -0.500. The first-order chi connectivity index (χ1) is 7.59. The van der Waals surface area contributed by atoms with Crippen molar-refractivity contribution in [2.24, 2.45) is 0 Å². The zero-order valence-electron chi connectivity index (χ0n) is 9.43. The molecule has 0 bridgehead atoms. The molecule has 0 aromatic carbocycles. The maximum atomic E-state index is 11.7. The van der Waals surface area contributed by atoms with Crippen molar-refractivity contribution in [3.8, 4) is 0 Å². The summed E-state index contributed by atoms with van der Waals surface area (Å²) in [7, 11) is -1.50. The van der Waals surface area contributed by atoms with Gasteiger partial charge in [-0.3, -0.25) is 0 Å². The number of hydrogen-bond acceptors (Lipinski definition) is 5. The van der Waals surface area contributed by atoms with E-state index in [1.54, 1.807) is 13.2 Å². The second-order valence-corrected chi connectivity index (χ2v) is 6.17. The molecule has 0 aliphatic heterocycles. The van der Waals surface area contributed by atoms with Crippen LogP contribution in [-0.2, 0) is 10.0 Å². The summed E-state index contributed by atoms with van der Waals surface area (Å²) in [5, 5.41) is 5.48. The lowest BCUT2D eigenvalue weighted by molar-refractivity contribution is 0.547. The van der Waals surface area contributed by atoms with Crippen molar-refractivity contribution >= 4 is 21.4 Å². The molecular weight excluding hydrogens is 246 g/mol. The number of hydrogen-bond donors (Lipinski definition) is 2. The molecule has 2 N–H and O–H groups in total. The Morgan fingerprint density at radius 1 is 1.56 bits per heavy atom. The highest BCUT2D eigenvalue weighted by molar-refractivity contribution is 7.89. The largest absolute Gasteiger partial charge is 0.319 e. The summed E-state index contributed by atoms with van der Waals surface area (Å²) in [4.78, 5) is 4.13. The van der Waals surface area contributed by atoms with E-state index in [0.717, 1.165) is 5.01 Å². The number of sulfonamides is 1. The van der Waals surface area contributed by atoms with Gasteiger partial charge in [-0.05, 0) is 13.5 Å². The van der Waals surface area contributed by atoms with Crippen LogP contribution in [0.4, 0.5) is 0 Å². The van der Waals surface area contributed by atoms with Crippen LogP contribution in [0, 0.1) is 0 Å². The first kappa shape index (κ1) is 13.6. The SMILES string of the molecule is CCC(NS(=O)(=O)CCNC)c1nccs1. The van der Waals surface area contributed by atoms with Crippen molar-refractivity contribution < 1.29 is 8.42 Å². The lowest BCUT2D eigenvalue weighted by Gasteiger charge is -2.14. The fourth-order valence-electron chi connectivity index (χ4n) is 1.23. The van der Waals surface area contributed by atoms with Gasteiger partial charge in [0.05, 0.1) is 11.8 Å². The third-order valence-corrected chi connectivity index (χ3v) is 4.37. The number of aromatic nitrogens is 1. The van der Waals surface area contributed by atoms with Crippen molar-refractivity contribution in [2.75, 3.05) is 19.3 Å². The molecule has 0 spiro atoms. The Bertz CT molecular complexity index is 389. The zero-order valence-corrected chi connectivity index (χ0v) is 11.1. The minimum Gasteiger partial charge on any atom is -0.319 e. The van der Waals surface area contributed by atoms with Gasteiger partial charge in [-0.15, -0.1) is 11.3 Å². The first-order valence-electron chi connectivity index (χ1n) is 5.13. The Balaban J connectivity index is 2.63. The lowest BCUT2D eigenvalue weighted by atomic mass is 10.3. The molecule has 1 aromatic rings. The van der Waals surface area contributed by atoms with E-state index in [1.165, 1.54) is 11.3 Å². The molecule has 7 heteroatoms. The maximum Gasteiger partial charge on any atom is 0.213 e. The average molecular weight is 263 g/mol. The molecule has 0 radical (unpaired) electrons. The van der Waals surface area contributed by atoms with E-state index in [0.29, 0.717) is 13.0 Å². The molecule has 92 valence electrons. The highest BCUT2D eigenvalue weighted by atomic mass is 32.2. The number of nitrogens with one attached hydrogen (secondary N) is 2. The topological polar surface area (TPSA) is 71.1 Å². The second-order valence-electron chi connectivity index (χ2n) is 3.37. The molecule has 1 heterocycles. The highest BCUT2D eigenvalue weighted by Crippen LogP contribution is 2.19. The van der Waals surface area contributed by atoms with Crippen LogP contribution in [-0.4, -0.2) is 32.7 Å². The average Bonchev–Trinajstić information content (AvgIpc) is 2.76. The third-order valence-electron chi connectivity index (χ3n) is 2.10. The third kappa shape index (κ3) is 4.17. The fraction of sp³-hybridized carbons (Fsp3) is 0.667. The summed E-state index contributed by atoms with van der Waals surface area (Å²) < 4.78 is 26.0. The molecule has 0 aliphatic carbocycles. The van der Waals surface area contributed by atoms with E-state index in [-0.39, 0.29) is 11.8 Å². The number of nitrogens with zero attached hydrogens (tertiary/aromatic N) is 1. The summed E-state index contributed by atoms with van der Waals surface area (Å²) >= 11 is 1.47. The molecule has 16 heavy (non-hydrogen) atoms. The summed E-state index contributed by atoms with van der Waals surface area (Å²) in [5.41, 5.74) is 0.